The second-order valence-corrected chi connectivity index (χ2v) is 7.60. The van der Waals surface area contributed by atoms with Crippen LogP contribution in [-0.2, 0) is 22.6 Å². The molecule has 29 heavy (non-hydrogen) atoms. The van der Waals surface area contributed by atoms with Gasteiger partial charge in [0.1, 0.15) is 11.8 Å². The Bertz CT molecular complexity index is 806. The molecule has 5 nitrogen and oxygen atoms in total. The molecule has 0 saturated carbocycles. The fourth-order valence-corrected chi connectivity index (χ4v) is 2.98. The Morgan fingerprint density at radius 3 is 2.17 bits per heavy atom. The van der Waals surface area contributed by atoms with Crippen molar-refractivity contribution in [1.29, 1.82) is 0 Å². The molecule has 0 fully saturated rings. The molecular formula is C23H29ClN2O3. The van der Waals surface area contributed by atoms with Crippen LogP contribution >= 0.6 is 11.6 Å². The van der Waals surface area contributed by atoms with Gasteiger partial charge in [-0.25, -0.2) is 0 Å². The van der Waals surface area contributed by atoms with E-state index in [9.17, 15) is 9.59 Å². The molecule has 156 valence electrons. The maximum absolute atomic E-state index is 13.1. The number of nitrogens with zero attached hydrogens (tertiary/aromatic N) is 1. The molecule has 0 heterocycles. The molecule has 1 N–H and O–H groups in total. The van der Waals surface area contributed by atoms with Crippen LogP contribution < -0.4 is 10.1 Å². The summed E-state index contributed by atoms with van der Waals surface area (Å²) in [6.45, 7) is 6.07. The quantitative estimate of drug-likeness (QED) is 0.665. The van der Waals surface area contributed by atoms with Crippen LogP contribution in [0.4, 0.5) is 0 Å². The van der Waals surface area contributed by atoms with E-state index in [-0.39, 0.29) is 24.3 Å². The third-order valence-corrected chi connectivity index (χ3v) is 5.20. The summed E-state index contributed by atoms with van der Waals surface area (Å²) < 4.78 is 5.20. The van der Waals surface area contributed by atoms with Crippen LogP contribution in [0.5, 0.6) is 5.75 Å². The van der Waals surface area contributed by atoms with Gasteiger partial charge in [-0.3, -0.25) is 9.59 Å². The second kappa shape index (κ2) is 10.9. The highest BCUT2D eigenvalue weighted by Crippen LogP contribution is 2.17. The van der Waals surface area contributed by atoms with Gasteiger partial charge in [-0.2, -0.15) is 0 Å². The highest BCUT2D eigenvalue weighted by molar-refractivity contribution is 6.30. The second-order valence-electron chi connectivity index (χ2n) is 7.17. The number of rotatable bonds is 9. The summed E-state index contributed by atoms with van der Waals surface area (Å²) in [7, 11) is 1.61. The van der Waals surface area contributed by atoms with Gasteiger partial charge in [0.05, 0.1) is 13.5 Å². The number of carbonyl (C=O) groups excluding carboxylic acids is 2. The van der Waals surface area contributed by atoms with Gasteiger partial charge >= 0.3 is 0 Å². The predicted octanol–water partition coefficient (Wildman–Crippen LogP) is 4.22. The molecule has 0 aromatic heterocycles. The average Bonchev–Trinajstić information content (AvgIpc) is 2.73. The molecule has 2 atom stereocenters. The van der Waals surface area contributed by atoms with Crippen molar-refractivity contribution in [2.75, 3.05) is 7.11 Å². The third-order valence-electron chi connectivity index (χ3n) is 4.95. The third kappa shape index (κ3) is 6.79. The Morgan fingerprint density at radius 1 is 1.03 bits per heavy atom. The van der Waals surface area contributed by atoms with Gasteiger partial charge in [-0.15, -0.1) is 0 Å². The summed E-state index contributed by atoms with van der Waals surface area (Å²) in [6, 6.07) is 14.1. The van der Waals surface area contributed by atoms with Gasteiger partial charge < -0.3 is 15.0 Å². The molecule has 6 heteroatoms. The first-order valence-electron chi connectivity index (χ1n) is 9.81. The van der Waals surface area contributed by atoms with Crippen molar-refractivity contribution < 1.29 is 14.3 Å². The monoisotopic (exact) mass is 416 g/mol. The minimum Gasteiger partial charge on any atom is -0.497 e. The molecule has 0 aliphatic carbocycles. The lowest BCUT2D eigenvalue weighted by Crippen LogP contribution is -2.49. The van der Waals surface area contributed by atoms with Crippen molar-refractivity contribution in [2.24, 2.45) is 0 Å². The lowest BCUT2D eigenvalue weighted by molar-refractivity contribution is -0.140. The summed E-state index contributed by atoms with van der Waals surface area (Å²) in [4.78, 5) is 27.4. The predicted molar refractivity (Wildman–Crippen MR) is 116 cm³/mol. The van der Waals surface area contributed by atoms with Crippen LogP contribution in [0.1, 0.15) is 38.3 Å². The molecule has 0 saturated heterocycles. The van der Waals surface area contributed by atoms with Crippen LogP contribution in [0, 0.1) is 0 Å². The summed E-state index contributed by atoms with van der Waals surface area (Å²) in [5.41, 5.74) is 1.78. The smallest absolute Gasteiger partial charge is 0.242 e. The van der Waals surface area contributed by atoms with E-state index in [1.165, 1.54) is 0 Å². The fraction of sp³-hybridized carbons (Fsp3) is 0.391. The molecule has 2 amide bonds. The standard InChI is InChI=1S/C23H29ClN2O3/c1-5-16(2)25-23(28)17(3)26(15-19-8-12-21(29-4)13-9-19)22(27)14-18-6-10-20(24)11-7-18/h6-13,16-17H,5,14-15H2,1-4H3,(H,25,28)/t16-,17-/m0/s1. The first-order valence-corrected chi connectivity index (χ1v) is 10.2. The summed E-state index contributed by atoms with van der Waals surface area (Å²) in [6.07, 6.45) is 1.03. The highest BCUT2D eigenvalue weighted by Gasteiger charge is 2.26. The zero-order valence-electron chi connectivity index (χ0n) is 17.4. The topological polar surface area (TPSA) is 58.6 Å². The SMILES string of the molecule is CC[C@H](C)NC(=O)[C@H](C)N(Cc1ccc(OC)cc1)C(=O)Cc1ccc(Cl)cc1. The van der Waals surface area contributed by atoms with E-state index in [0.717, 1.165) is 23.3 Å². The molecule has 2 aromatic rings. The number of carbonyl (C=O) groups is 2. The van der Waals surface area contributed by atoms with Crippen LogP contribution in [0.2, 0.25) is 5.02 Å². The van der Waals surface area contributed by atoms with E-state index >= 15 is 0 Å². The maximum Gasteiger partial charge on any atom is 0.242 e. The lowest BCUT2D eigenvalue weighted by atomic mass is 10.1. The van der Waals surface area contributed by atoms with Gasteiger partial charge in [0, 0.05) is 17.6 Å². The average molecular weight is 417 g/mol. The van der Waals surface area contributed by atoms with Crippen LogP contribution in [-0.4, -0.2) is 35.9 Å². The Kier molecular flexibility index (Phi) is 8.52. The number of amides is 2. The van der Waals surface area contributed by atoms with E-state index in [0.29, 0.717) is 11.6 Å². The molecular weight excluding hydrogens is 388 g/mol. The molecule has 0 spiro atoms. The van der Waals surface area contributed by atoms with Crippen LogP contribution in [0.25, 0.3) is 0 Å². The molecule has 0 bridgehead atoms. The number of hydrogen-bond donors (Lipinski definition) is 1. The number of ether oxygens (including phenoxy) is 1. The zero-order chi connectivity index (χ0) is 21.4. The zero-order valence-corrected chi connectivity index (χ0v) is 18.2. The molecule has 0 aliphatic rings. The molecule has 0 aliphatic heterocycles. The Morgan fingerprint density at radius 2 is 1.62 bits per heavy atom. The van der Waals surface area contributed by atoms with E-state index in [1.54, 1.807) is 31.1 Å². The van der Waals surface area contributed by atoms with Gasteiger partial charge in [-0.05, 0) is 55.7 Å². The first kappa shape index (κ1) is 22.8. The van der Waals surface area contributed by atoms with E-state index in [1.807, 2.05) is 50.2 Å². The van der Waals surface area contributed by atoms with Crippen LogP contribution in [0.15, 0.2) is 48.5 Å². The molecule has 0 radical (unpaired) electrons. The Balaban J connectivity index is 2.21. The van der Waals surface area contributed by atoms with Crippen molar-refractivity contribution in [3.05, 3.63) is 64.7 Å². The maximum atomic E-state index is 13.1. The number of benzene rings is 2. The minimum atomic E-state index is -0.592. The first-order chi connectivity index (χ1) is 13.8. The molecule has 2 aromatic carbocycles. The Labute approximate surface area is 178 Å². The van der Waals surface area contributed by atoms with E-state index in [4.69, 9.17) is 16.3 Å². The molecule has 2 rings (SSSR count). The summed E-state index contributed by atoms with van der Waals surface area (Å²) >= 11 is 5.94. The fourth-order valence-electron chi connectivity index (χ4n) is 2.85. The normalized spacial score (nSPS) is 12.7. The van der Waals surface area contributed by atoms with E-state index < -0.39 is 6.04 Å². The van der Waals surface area contributed by atoms with Crippen molar-refractivity contribution in [1.82, 2.24) is 10.2 Å². The van der Waals surface area contributed by atoms with Gasteiger partial charge in [0.15, 0.2) is 0 Å². The number of nitrogens with one attached hydrogen (secondary N) is 1. The Hall–Kier alpha value is -2.53. The van der Waals surface area contributed by atoms with Crippen molar-refractivity contribution in [2.45, 2.75) is 52.2 Å². The number of halogens is 1. The van der Waals surface area contributed by atoms with Gasteiger partial charge in [0.25, 0.3) is 0 Å². The van der Waals surface area contributed by atoms with Gasteiger partial charge in [0.2, 0.25) is 11.8 Å². The van der Waals surface area contributed by atoms with Crippen molar-refractivity contribution in [3.8, 4) is 5.75 Å². The summed E-state index contributed by atoms with van der Waals surface area (Å²) in [5.74, 6) is 0.475. The van der Waals surface area contributed by atoms with Gasteiger partial charge in [-0.1, -0.05) is 42.8 Å². The van der Waals surface area contributed by atoms with Crippen LogP contribution in [0.3, 0.4) is 0 Å². The lowest BCUT2D eigenvalue weighted by Gasteiger charge is -2.30. The molecule has 0 unspecified atom stereocenters. The van der Waals surface area contributed by atoms with Crippen molar-refractivity contribution in [3.63, 3.8) is 0 Å². The highest BCUT2D eigenvalue weighted by atomic mass is 35.5. The number of hydrogen-bond acceptors (Lipinski definition) is 3. The minimum absolute atomic E-state index is 0.0548. The largest absolute Gasteiger partial charge is 0.497 e. The number of methoxy groups -OCH3 is 1. The van der Waals surface area contributed by atoms with Crippen molar-refractivity contribution >= 4 is 23.4 Å². The summed E-state index contributed by atoms with van der Waals surface area (Å²) in [5, 5.41) is 3.59. The van der Waals surface area contributed by atoms with E-state index in [2.05, 4.69) is 5.32 Å².